The van der Waals surface area contributed by atoms with Gasteiger partial charge in [0.1, 0.15) is 11.1 Å². The van der Waals surface area contributed by atoms with Gasteiger partial charge in [-0.05, 0) is 31.5 Å². The molecular formula is C14H15N3O2S. The second-order valence-corrected chi connectivity index (χ2v) is 5.94. The highest BCUT2D eigenvalue weighted by atomic mass is 32.2. The predicted octanol–water partition coefficient (Wildman–Crippen LogP) is 2.29. The lowest BCUT2D eigenvalue weighted by atomic mass is 10.2. The molecule has 1 aliphatic rings. The van der Waals surface area contributed by atoms with Crippen LogP contribution in [0.1, 0.15) is 17.8 Å². The third-order valence-electron chi connectivity index (χ3n) is 3.19. The second-order valence-electron chi connectivity index (χ2n) is 4.77. The van der Waals surface area contributed by atoms with Crippen molar-refractivity contribution < 1.29 is 9.53 Å². The summed E-state index contributed by atoms with van der Waals surface area (Å²) in [5, 5.41) is 8.87. The fourth-order valence-electron chi connectivity index (χ4n) is 2.20. The predicted molar refractivity (Wildman–Crippen MR) is 76.1 cm³/mol. The van der Waals surface area contributed by atoms with Crippen LogP contribution in [0.2, 0.25) is 0 Å². The van der Waals surface area contributed by atoms with E-state index in [0.717, 1.165) is 23.1 Å². The van der Waals surface area contributed by atoms with Gasteiger partial charge in [0.25, 0.3) is 0 Å². The van der Waals surface area contributed by atoms with Crippen molar-refractivity contribution >= 4 is 17.7 Å². The van der Waals surface area contributed by atoms with Crippen LogP contribution >= 0.6 is 11.8 Å². The minimum Gasteiger partial charge on any atom is -0.465 e. The van der Waals surface area contributed by atoms with E-state index in [1.807, 2.05) is 36.6 Å². The minimum absolute atomic E-state index is 0.161. The molecule has 20 heavy (non-hydrogen) atoms. The quantitative estimate of drug-likeness (QED) is 0.811. The van der Waals surface area contributed by atoms with Gasteiger partial charge in [-0.2, -0.15) is 0 Å². The molecule has 0 N–H and O–H groups in total. The molecule has 0 bridgehead atoms. The van der Waals surface area contributed by atoms with Crippen LogP contribution in [-0.2, 0) is 9.53 Å². The lowest BCUT2D eigenvalue weighted by molar-refractivity contribution is -0.137. The molecule has 2 aromatic rings. The zero-order chi connectivity index (χ0) is 14.1. The van der Waals surface area contributed by atoms with E-state index in [1.165, 1.54) is 17.3 Å². The molecule has 1 aliphatic heterocycles. The summed E-state index contributed by atoms with van der Waals surface area (Å²) in [5.41, 5.74) is 2.19. The van der Waals surface area contributed by atoms with Crippen LogP contribution in [0.5, 0.6) is 0 Å². The molecular weight excluding hydrogens is 274 g/mol. The third kappa shape index (κ3) is 2.43. The number of aryl methyl sites for hydroxylation is 2. The number of thioether (sulfide) groups is 1. The van der Waals surface area contributed by atoms with Crippen LogP contribution in [0.15, 0.2) is 29.4 Å². The number of hydrogen-bond acceptors (Lipinski definition) is 5. The Morgan fingerprint density at radius 2 is 2.20 bits per heavy atom. The number of aromatic nitrogens is 3. The molecule has 0 aliphatic carbocycles. The fourth-order valence-corrected chi connectivity index (χ4v) is 3.26. The Kier molecular flexibility index (Phi) is 3.48. The highest BCUT2D eigenvalue weighted by Gasteiger charge is 2.29. The number of carbonyl (C=O) groups excluding carboxylic acids is 1. The van der Waals surface area contributed by atoms with Gasteiger partial charge < -0.3 is 4.74 Å². The van der Waals surface area contributed by atoms with Gasteiger partial charge in [-0.3, -0.25) is 9.36 Å². The zero-order valence-electron chi connectivity index (χ0n) is 11.4. The van der Waals surface area contributed by atoms with E-state index in [1.54, 1.807) is 0 Å². The number of nitrogens with zero attached hydrogens (tertiary/aromatic N) is 3. The molecule has 104 valence electrons. The molecule has 1 saturated heterocycles. The van der Waals surface area contributed by atoms with Crippen molar-refractivity contribution in [1.82, 2.24) is 14.8 Å². The summed E-state index contributed by atoms with van der Waals surface area (Å²) < 4.78 is 6.97. The molecule has 5 nitrogen and oxygen atoms in total. The maximum absolute atomic E-state index is 11.6. The first-order valence-corrected chi connectivity index (χ1v) is 7.35. The van der Waals surface area contributed by atoms with E-state index in [9.17, 15) is 4.79 Å². The van der Waals surface area contributed by atoms with E-state index < -0.39 is 0 Å². The summed E-state index contributed by atoms with van der Waals surface area (Å²) in [5.74, 6) is 0.649. The van der Waals surface area contributed by atoms with Crippen LogP contribution in [0.25, 0.3) is 5.69 Å². The molecule has 0 amide bonds. The van der Waals surface area contributed by atoms with E-state index in [2.05, 4.69) is 16.3 Å². The van der Waals surface area contributed by atoms with Crippen molar-refractivity contribution in [2.75, 3.05) is 6.61 Å². The number of rotatable bonds is 3. The average molecular weight is 289 g/mol. The largest absolute Gasteiger partial charge is 0.465 e. The number of benzene rings is 1. The second kappa shape index (κ2) is 5.28. The van der Waals surface area contributed by atoms with Crippen molar-refractivity contribution in [3.8, 4) is 5.69 Å². The van der Waals surface area contributed by atoms with Gasteiger partial charge >= 0.3 is 5.97 Å². The van der Waals surface area contributed by atoms with Gasteiger partial charge in [0, 0.05) is 12.1 Å². The molecule has 0 spiro atoms. The Morgan fingerprint density at radius 1 is 1.35 bits per heavy atom. The molecule has 1 unspecified atom stereocenters. The standard InChI is InChI=1S/C14H15N3O2S/c1-9-4-3-5-11(8-9)17-10(2)15-16-14(17)20-12-6-7-19-13(12)18/h3-5,8,12H,6-7H2,1-2H3. The fraction of sp³-hybridized carbons (Fsp3) is 0.357. The Hall–Kier alpha value is -1.82. The number of hydrogen-bond donors (Lipinski definition) is 0. The van der Waals surface area contributed by atoms with Gasteiger partial charge in [-0.1, -0.05) is 23.9 Å². The van der Waals surface area contributed by atoms with Gasteiger partial charge in [-0.25, -0.2) is 0 Å². The SMILES string of the molecule is Cc1cccc(-n2c(C)nnc2SC2CCOC2=O)c1. The Labute approximate surface area is 121 Å². The van der Waals surface area contributed by atoms with Crippen molar-refractivity contribution in [2.24, 2.45) is 0 Å². The molecule has 6 heteroatoms. The first-order chi connectivity index (χ1) is 9.65. The molecule has 2 heterocycles. The number of cyclic esters (lactones) is 1. The number of carbonyl (C=O) groups is 1. The topological polar surface area (TPSA) is 57.0 Å². The van der Waals surface area contributed by atoms with E-state index >= 15 is 0 Å². The maximum Gasteiger partial charge on any atom is 0.319 e. The molecule has 1 aromatic carbocycles. The van der Waals surface area contributed by atoms with Gasteiger partial charge in [-0.15, -0.1) is 10.2 Å². The molecule has 1 fully saturated rings. The summed E-state index contributed by atoms with van der Waals surface area (Å²) >= 11 is 1.42. The smallest absolute Gasteiger partial charge is 0.319 e. The third-order valence-corrected chi connectivity index (χ3v) is 4.38. The molecule has 1 atom stereocenters. The lowest BCUT2D eigenvalue weighted by Gasteiger charge is -2.10. The number of esters is 1. The van der Waals surface area contributed by atoms with Crippen LogP contribution in [0.4, 0.5) is 0 Å². The highest BCUT2D eigenvalue weighted by Crippen LogP contribution is 2.30. The zero-order valence-corrected chi connectivity index (χ0v) is 12.2. The molecule has 1 aromatic heterocycles. The van der Waals surface area contributed by atoms with E-state index in [4.69, 9.17) is 4.74 Å². The first-order valence-electron chi connectivity index (χ1n) is 6.47. The lowest BCUT2D eigenvalue weighted by Crippen LogP contribution is -2.11. The van der Waals surface area contributed by atoms with Crippen LogP contribution in [0.3, 0.4) is 0 Å². The van der Waals surface area contributed by atoms with Gasteiger partial charge in [0.2, 0.25) is 0 Å². The maximum atomic E-state index is 11.6. The Morgan fingerprint density at radius 3 is 2.90 bits per heavy atom. The van der Waals surface area contributed by atoms with Crippen molar-refractivity contribution in [2.45, 2.75) is 30.7 Å². The first kappa shape index (κ1) is 13.2. The van der Waals surface area contributed by atoms with Crippen LogP contribution in [-0.4, -0.2) is 32.6 Å². The van der Waals surface area contributed by atoms with E-state index in [0.29, 0.717) is 6.61 Å². The van der Waals surface area contributed by atoms with Gasteiger partial charge in [0.15, 0.2) is 5.16 Å². The van der Waals surface area contributed by atoms with Crippen molar-refractivity contribution in [1.29, 1.82) is 0 Å². The Balaban J connectivity index is 1.95. The summed E-state index contributed by atoms with van der Waals surface area (Å²) in [6, 6.07) is 8.14. The summed E-state index contributed by atoms with van der Waals surface area (Å²) in [6.07, 6.45) is 0.725. The van der Waals surface area contributed by atoms with Gasteiger partial charge in [0.05, 0.1) is 6.61 Å². The monoisotopic (exact) mass is 289 g/mol. The van der Waals surface area contributed by atoms with Crippen LogP contribution in [0, 0.1) is 13.8 Å². The summed E-state index contributed by atoms with van der Waals surface area (Å²) in [4.78, 5) is 11.6. The molecule has 0 radical (unpaired) electrons. The van der Waals surface area contributed by atoms with Crippen molar-refractivity contribution in [3.05, 3.63) is 35.7 Å². The highest BCUT2D eigenvalue weighted by molar-refractivity contribution is 8.00. The Bertz CT molecular complexity index is 654. The van der Waals surface area contributed by atoms with Crippen LogP contribution < -0.4 is 0 Å². The van der Waals surface area contributed by atoms with E-state index in [-0.39, 0.29) is 11.2 Å². The number of ether oxygens (including phenoxy) is 1. The average Bonchev–Trinajstić information content (AvgIpc) is 2.97. The summed E-state index contributed by atoms with van der Waals surface area (Å²) in [7, 11) is 0. The van der Waals surface area contributed by atoms with Crippen molar-refractivity contribution in [3.63, 3.8) is 0 Å². The molecule has 3 rings (SSSR count). The summed E-state index contributed by atoms with van der Waals surface area (Å²) in [6.45, 7) is 4.45. The molecule has 0 saturated carbocycles. The minimum atomic E-state index is -0.179. The normalized spacial score (nSPS) is 18.3.